The number of carboxylic acids is 1. The minimum absolute atomic E-state index is 0.0996. The van der Waals surface area contributed by atoms with E-state index in [9.17, 15) is 18.0 Å². The van der Waals surface area contributed by atoms with E-state index in [-0.39, 0.29) is 17.1 Å². The highest BCUT2D eigenvalue weighted by molar-refractivity contribution is 14.1. The number of hydrogen-bond donors (Lipinski definition) is 1. The fourth-order valence-corrected chi connectivity index (χ4v) is 2.06. The van der Waals surface area contributed by atoms with Crippen LogP contribution in [0.15, 0.2) is 6.07 Å². The molecule has 0 spiro atoms. The smallest absolute Gasteiger partial charge is 0.481 e. The van der Waals surface area contributed by atoms with Gasteiger partial charge in [0.1, 0.15) is 0 Å². The minimum Gasteiger partial charge on any atom is -0.481 e. The van der Waals surface area contributed by atoms with Crippen LogP contribution in [0.25, 0.3) is 0 Å². The Kier molecular flexibility index (Phi) is 5.02. The lowest BCUT2D eigenvalue weighted by Crippen LogP contribution is -2.20. The fourth-order valence-electron chi connectivity index (χ4n) is 1.14. The Balaban J connectivity index is 3.24. The van der Waals surface area contributed by atoms with Crippen LogP contribution in [0.3, 0.4) is 0 Å². The number of pyridine rings is 1. The molecule has 1 aromatic rings. The highest BCUT2D eigenvalue weighted by Crippen LogP contribution is 2.29. The monoisotopic (exact) mass is 395 g/mol. The zero-order chi connectivity index (χ0) is 13.9. The first-order chi connectivity index (χ1) is 8.23. The molecule has 0 atom stereocenters. The van der Waals surface area contributed by atoms with Crippen molar-refractivity contribution in [2.24, 2.45) is 0 Å². The third kappa shape index (κ3) is 4.48. The van der Waals surface area contributed by atoms with Crippen molar-refractivity contribution in [3.8, 4) is 5.88 Å². The molecule has 1 heterocycles. The summed E-state index contributed by atoms with van der Waals surface area (Å²) in [6.07, 6.45) is -5.55. The molecule has 0 aliphatic heterocycles. The third-order valence-corrected chi connectivity index (χ3v) is 3.00. The summed E-state index contributed by atoms with van der Waals surface area (Å²) in [5.41, 5.74) is 0.0451. The molecule has 0 saturated heterocycles. The van der Waals surface area contributed by atoms with E-state index in [0.717, 1.165) is 0 Å². The molecule has 18 heavy (non-hydrogen) atoms. The molecular formula is C9H6ClF3INO3. The number of ether oxygens (including phenoxy) is 1. The predicted molar refractivity (Wildman–Crippen MR) is 64.5 cm³/mol. The third-order valence-electron chi connectivity index (χ3n) is 1.76. The van der Waals surface area contributed by atoms with Gasteiger partial charge in [0, 0.05) is 9.13 Å². The maximum atomic E-state index is 12.2. The van der Waals surface area contributed by atoms with Gasteiger partial charge in [-0.2, -0.15) is 0 Å². The van der Waals surface area contributed by atoms with Crippen LogP contribution in [0.4, 0.5) is 13.2 Å². The van der Waals surface area contributed by atoms with Crippen molar-refractivity contribution in [3.05, 3.63) is 20.9 Å². The summed E-state index contributed by atoms with van der Waals surface area (Å²) >= 11 is 7.19. The summed E-state index contributed by atoms with van der Waals surface area (Å²) in [6, 6.07) is 1.41. The first-order valence-corrected chi connectivity index (χ1v) is 6.06. The molecule has 4 nitrogen and oxygen atoms in total. The summed E-state index contributed by atoms with van der Waals surface area (Å²) in [4.78, 5) is 14.1. The minimum atomic E-state index is -4.94. The summed E-state index contributed by atoms with van der Waals surface area (Å²) in [7, 11) is 0. The van der Waals surface area contributed by atoms with Gasteiger partial charge in [0.05, 0.1) is 18.0 Å². The average Bonchev–Trinajstić information content (AvgIpc) is 2.20. The van der Waals surface area contributed by atoms with E-state index in [2.05, 4.69) is 9.72 Å². The first-order valence-electron chi connectivity index (χ1n) is 4.44. The molecule has 0 fully saturated rings. The second-order valence-electron chi connectivity index (χ2n) is 3.13. The molecule has 0 amide bonds. The maximum Gasteiger partial charge on any atom is 0.574 e. The Bertz CT molecular complexity index is 467. The van der Waals surface area contributed by atoms with Gasteiger partial charge >= 0.3 is 12.3 Å². The Labute approximate surface area is 118 Å². The molecule has 1 N–H and O–H groups in total. The largest absolute Gasteiger partial charge is 0.574 e. The Morgan fingerprint density at radius 2 is 2.17 bits per heavy atom. The molecule has 0 aromatic carbocycles. The molecular weight excluding hydrogens is 389 g/mol. The number of rotatable bonds is 4. The second kappa shape index (κ2) is 5.91. The molecule has 100 valence electrons. The molecule has 1 aromatic heterocycles. The summed E-state index contributed by atoms with van der Waals surface area (Å²) in [5.74, 6) is -2.15. The molecule has 1 rings (SSSR count). The van der Waals surface area contributed by atoms with E-state index in [1.165, 1.54) is 6.07 Å². The van der Waals surface area contributed by atoms with Crippen LogP contribution in [0.1, 0.15) is 11.3 Å². The average molecular weight is 396 g/mol. The van der Waals surface area contributed by atoms with Gasteiger partial charge in [-0.1, -0.05) is 0 Å². The van der Waals surface area contributed by atoms with Gasteiger partial charge in [-0.05, 0) is 28.7 Å². The zero-order valence-electron chi connectivity index (χ0n) is 8.59. The number of carbonyl (C=O) groups is 1. The van der Waals surface area contributed by atoms with Gasteiger partial charge in [0.2, 0.25) is 5.88 Å². The zero-order valence-corrected chi connectivity index (χ0v) is 11.5. The summed E-state index contributed by atoms with van der Waals surface area (Å²) < 4.78 is 40.6. The molecule has 0 aliphatic carbocycles. The van der Waals surface area contributed by atoms with E-state index in [4.69, 9.17) is 16.7 Å². The maximum absolute atomic E-state index is 12.2. The number of aromatic nitrogens is 1. The molecule has 0 bridgehead atoms. The van der Waals surface area contributed by atoms with Gasteiger partial charge < -0.3 is 9.84 Å². The quantitative estimate of drug-likeness (QED) is 0.629. The number of aliphatic carboxylic acids is 1. The molecule has 0 unspecified atom stereocenters. The van der Waals surface area contributed by atoms with Gasteiger partial charge in [0.25, 0.3) is 0 Å². The Hall–Kier alpha value is -0.770. The van der Waals surface area contributed by atoms with Gasteiger partial charge in [0.15, 0.2) is 0 Å². The summed E-state index contributed by atoms with van der Waals surface area (Å²) in [6.45, 7) is 0. The van der Waals surface area contributed by atoms with Crippen LogP contribution >= 0.6 is 34.2 Å². The standard InChI is InChI=1S/C9H6ClF3INO3/c10-3-4-1-6(14)5(2-7(16)17)8(15-4)18-9(11,12)13/h1H,2-3H2,(H,16,17). The highest BCUT2D eigenvalue weighted by Gasteiger charge is 2.33. The second-order valence-corrected chi connectivity index (χ2v) is 4.56. The number of nitrogens with zero attached hydrogens (tertiary/aromatic N) is 1. The van der Waals surface area contributed by atoms with Gasteiger partial charge in [-0.3, -0.25) is 4.79 Å². The fraction of sp³-hybridized carbons (Fsp3) is 0.333. The van der Waals surface area contributed by atoms with Crippen molar-refractivity contribution in [1.82, 2.24) is 4.98 Å². The van der Waals surface area contributed by atoms with Crippen LogP contribution in [-0.2, 0) is 17.1 Å². The molecule has 9 heteroatoms. The van der Waals surface area contributed by atoms with E-state index in [1.54, 1.807) is 22.6 Å². The van der Waals surface area contributed by atoms with Crippen LogP contribution in [0.5, 0.6) is 5.88 Å². The van der Waals surface area contributed by atoms with Crippen molar-refractivity contribution in [1.29, 1.82) is 0 Å². The van der Waals surface area contributed by atoms with Crippen LogP contribution in [0.2, 0.25) is 0 Å². The first kappa shape index (κ1) is 15.3. The number of halogens is 5. The van der Waals surface area contributed by atoms with E-state index < -0.39 is 24.6 Å². The number of hydrogen-bond acceptors (Lipinski definition) is 3. The topological polar surface area (TPSA) is 59.4 Å². The predicted octanol–water partition coefficient (Wildman–Crippen LogP) is 2.95. The SMILES string of the molecule is O=C(O)Cc1c(I)cc(CCl)nc1OC(F)(F)F. The van der Waals surface area contributed by atoms with Crippen molar-refractivity contribution in [2.75, 3.05) is 0 Å². The van der Waals surface area contributed by atoms with Crippen LogP contribution in [-0.4, -0.2) is 22.4 Å². The lowest BCUT2D eigenvalue weighted by Gasteiger charge is -2.13. The normalized spacial score (nSPS) is 11.4. The van der Waals surface area contributed by atoms with Crippen molar-refractivity contribution in [2.45, 2.75) is 18.7 Å². The molecule has 0 radical (unpaired) electrons. The van der Waals surface area contributed by atoms with Crippen molar-refractivity contribution < 1.29 is 27.8 Å². The van der Waals surface area contributed by atoms with Crippen LogP contribution < -0.4 is 4.74 Å². The lowest BCUT2D eigenvalue weighted by atomic mass is 10.2. The van der Waals surface area contributed by atoms with Crippen molar-refractivity contribution in [3.63, 3.8) is 0 Å². The lowest BCUT2D eigenvalue weighted by molar-refractivity contribution is -0.276. The van der Waals surface area contributed by atoms with Gasteiger partial charge in [-0.25, -0.2) is 4.98 Å². The van der Waals surface area contributed by atoms with E-state index in [0.29, 0.717) is 3.57 Å². The molecule has 0 aliphatic rings. The number of carboxylic acid groups (broad SMARTS) is 1. The van der Waals surface area contributed by atoms with E-state index in [1.807, 2.05) is 0 Å². The van der Waals surface area contributed by atoms with Gasteiger partial charge in [-0.15, -0.1) is 24.8 Å². The molecule has 0 saturated carbocycles. The summed E-state index contributed by atoms with van der Waals surface area (Å²) in [5, 5.41) is 8.65. The Morgan fingerprint density at radius 3 is 2.61 bits per heavy atom. The Morgan fingerprint density at radius 1 is 1.56 bits per heavy atom. The highest BCUT2D eigenvalue weighted by atomic mass is 127. The van der Waals surface area contributed by atoms with E-state index >= 15 is 0 Å². The van der Waals surface area contributed by atoms with Crippen molar-refractivity contribution >= 4 is 40.2 Å². The van der Waals surface area contributed by atoms with Crippen LogP contribution in [0, 0.1) is 3.57 Å². The number of alkyl halides is 4.